The SMILES string of the molecule is Cc1cccc(C)c1CCN=C(N)N1CCC(C)CC1.I. The Balaban J connectivity index is 0.00000220. The van der Waals surface area contributed by atoms with Crippen molar-refractivity contribution in [1.29, 1.82) is 0 Å². The normalized spacial score (nSPS) is 16.7. The third-order valence-corrected chi connectivity index (χ3v) is 4.39. The summed E-state index contributed by atoms with van der Waals surface area (Å²) in [5.74, 6) is 1.55. The van der Waals surface area contributed by atoms with E-state index in [1.807, 2.05) is 0 Å². The molecule has 0 aromatic heterocycles. The minimum Gasteiger partial charge on any atom is -0.370 e. The molecule has 21 heavy (non-hydrogen) atoms. The van der Waals surface area contributed by atoms with E-state index in [0.29, 0.717) is 0 Å². The zero-order valence-electron chi connectivity index (χ0n) is 13.4. The molecule has 0 saturated carbocycles. The van der Waals surface area contributed by atoms with Crippen molar-refractivity contribution in [3.63, 3.8) is 0 Å². The minimum atomic E-state index is 0. The van der Waals surface area contributed by atoms with Crippen molar-refractivity contribution in [2.24, 2.45) is 16.6 Å². The lowest BCUT2D eigenvalue weighted by atomic mass is 9.99. The maximum absolute atomic E-state index is 6.11. The lowest BCUT2D eigenvalue weighted by Crippen LogP contribution is -2.42. The molecular weight excluding hydrogens is 373 g/mol. The van der Waals surface area contributed by atoms with E-state index < -0.39 is 0 Å². The Morgan fingerprint density at radius 3 is 2.38 bits per heavy atom. The smallest absolute Gasteiger partial charge is 0.191 e. The Hall–Kier alpha value is -0.780. The van der Waals surface area contributed by atoms with Crippen LogP contribution in [0.4, 0.5) is 0 Å². The average Bonchev–Trinajstić information content (AvgIpc) is 2.42. The molecule has 1 fully saturated rings. The van der Waals surface area contributed by atoms with E-state index in [9.17, 15) is 0 Å². The number of benzene rings is 1. The van der Waals surface area contributed by atoms with Gasteiger partial charge in [-0.25, -0.2) is 0 Å². The van der Waals surface area contributed by atoms with Gasteiger partial charge in [0, 0.05) is 19.6 Å². The van der Waals surface area contributed by atoms with E-state index in [1.54, 1.807) is 0 Å². The van der Waals surface area contributed by atoms with Crippen molar-refractivity contribution in [3.8, 4) is 0 Å². The van der Waals surface area contributed by atoms with E-state index in [1.165, 1.54) is 29.5 Å². The summed E-state index contributed by atoms with van der Waals surface area (Å²) in [5.41, 5.74) is 10.2. The maximum atomic E-state index is 6.11. The van der Waals surface area contributed by atoms with Gasteiger partial charge >= 0.3 is 0 Å². The van der Waals surface area contributed by atoms with Gasteiger partial charge in [0.05, 0.1) is 0 Å². The third-order valence-electron chi connectivity index (χ3n) is 4.39. The second-order valence-corrected chi connectivity index (χ2v) is 6.03. The van der Waals surface area contributed by atoms with Crippen molar-refractivity contribution in [2.75, 3.05) is 19.6 Å². The van der Waals surface area contributed by atoms with Gasteiger partial charge in [-0.15, -0.1) is 24.0 Å². The minimum absolute atomic E-state index is 0. The van der Waals surface area contributed by atoms with Gasteiger partial charge in [-0.1, -0.05) is 25.1 Å². The number of halogens is 1. The maximum Gasteiger partial charge on any atom is 0.191 e. The highest BCUT2D eigenvalue weighted by atomic mass is 127. The number of likely N-dealkylation sites (tertiary alicyclic amines) is 1. The molecule has 0 amide bonds. The molecule has 1 saturated heterocycles. The van der Waals surface area contributed by atoms with E-state index >= 15 is 0 Å². The summed E-state index contributed by atoms with van der Waals surface area (Å²) in [5, 5.41) is 0. The number of aryl methyl sites for hydroxylation is 2. The fourth-order valence-electron chi connectivity index (χ4n) is 2.86. The van der Waals surface area contributed by atoms with E-state index in [-0.39, 0.29) is 24.0 Å². The zero-order chi connectivity index (χ0) is 14.5. The largest absolute Gasteiger partial charge is 0.370 e. The van der Waals surface area contributed by atoms with Gasteiger partial charge in [-0.05, 0) is 55.7 Å². The molecule has 1 aliphatic rings. The Morgan fingerprint density at radius 2 is 1.81 bits per heavy atom. The van der Waals surface area contributed by atoms with Crippen LogP contribution in [0.25, 0.3) is 0 Å². The van der Waals surface area contributed by atoms with Crippen LogP contribution >= 0.6 is 24.0 Å². The molecule has 0 aliphatic carbocycles. The van der Waals surface area contributed by atoms with Gasteiger partial charge in [0.1, 0.15) is 0 Å². The molecule has 4 heteroatoms. The number of aliphatic imine (C=N–C) groups is 1. The highest BCUT2D eigenvalue weighted by Crippen LogP contribution is 2.16. The Bertz CT molecular complexity index is 457. The second kappa shape index (κ2) is 8.61. The van der Waals surface area contributed by atoms with Crippen LogP contribution in [0.1, 0.15) is 36.5 Å². The van der Waals surface area contributed by atoms with Crippen molar-refractivity contribution >= 4 is 29.9 Å². The fourth-order valence-corrected chi connectivity index (χ4v) is 2.86. The first kappa shape index (κ1) is 18.3. The number of rotatable bonds is 3. The van der Waals surface area contributed by atoms with E-state index in [0.717, 1.165) is 37.9 Å². The standard InChI is InChI=1S/C17H27N3.HI/c1-13-8-11-20(12-9-13)17(18)19-10-7-16-14(2)5-4-6-15(16)3;/h4-6,13H,7-12H2,1-3H3,(H2,18,19);1H. The molecule has 3 nitrogen and oxygen atoms in total. The van der Waals surface area contributed by atoms with Crippen molar-refractivity contribution < 1.29 is 0 Å². The Morgan fingerprint density at radius 1 is 1.24 bits per heavy atom. The molecule has 0 unspecified atom stereocenters. The van der Waals surface area contributed by atoms with Gasteiger partial charge in [0.2, 0.25) is 0 Å². The fraction of sp³-hybridized carbons (Fsp3) is 0.588. The molecule has 0 spiro atoms. The lowest BCUT2D eigenvalue weighted by Gasteiger charge is -2.31. The van der Waals surface area contributed by atoms with Crippen LogP contribution in [0.3, 0.4) is 0 Å². The highest BCUT2D eigenvalue weighted by molar-refractivity contribution is 14.0. The molecular formula is C17H28IN3. The summed E-state index contributed by atoms with van der Waals surface area (Å²) in [4.78, 5) is 6.80. The average molecular weight is 401 g/mol. The summed E-state index contributed by atoms with van der Waals surface area (Å²) >= 11 is 0. The molecule has 1 heterocycles. The second-order valence-electron chi connectivity index (χ2n) is 6.03. The van der Waals surface area contributed by atoms with Crippen LogP contribution in [0, 0.1) is 19.8 Å². The van der Waals surface area contributed by atoms with Crippen LogP contribution < -0.4 is 5.73 Å². The summed E-state index contributed by atoms with van der Waals surface area (Å²) in [6, 6.07) is 6.45. The van der Waals surface area contributed by atoms with Gasteiger partial charge in [-0.2, -0.15) is 0 Å². The predicted octanol–water partition coefficient (Wildman–Crippen LogP) is 3.51. The molecule has 2 N–H and O–H groups in total. The topological polar surface area (TPSA) is 41.6 Å². The number of piperidine rings is 1. The van der Waals surface area contributed by atoms with Gasteiger partial charge in [0.25, 0.3) is 0 Å². The highest BCUT2D eigenvalue weighted by Gasteiger charge is 2.16. The summed E-state index contributed by atoms with van der Waals surface area (Å²) in [7, 11) is 0. The summed E-state index contributed by atoms with van der Waals surface area (Å²) in [6.07, 6.45) is 3.43. The first-order valence-electron chi connectivity index (χ1n) is 7.68. The number of hydrogen-bond acceptors (Lipinski definition) is 1. The first-order chi connectivity index (χ1) is 9.58. The zero-order valence-corrected chi connectivity index (χ0v) is 15.8. The van der Waals surface area contributed by atoms with Crippen molar-refractivity contribution in [2.45, 2.75) is 40.0 Å². The Kier molecular flexibility index (Phi) is 7.49. The van der Waals surface area contributed by atoms with Crippen LogP contribution in [-0.2, 0) is 6.42 Å². The number of guanidine groups is 1. The Labute approximate surface area is 146 Å². The van der Waals surface area contributed by atoms with E-state index in [4.69, 9.17) is 5.73 Å². The monoisotopic (exact) mass is 401 g/mol. The molecule has 0 bridgehead atoms. The molecule has 118 valence electrons. The van der Waals surface area contributed by atoms with Crippen molar-refractivity contribution in [3.05, 3.63) is 34.9 Å². The van der Waals surface area contributed by atoms with Crippen LogP contribution in [0.5, 0.6) is 0 Å². The van der Waals surface area contributed by atoms with E-state index in [2.05, 4.69) is 48.9 Å². The number of nitrogens with zero attached hydrogens (tertiary/aromatic N) is 2. The molecule has 2 rings (SSSR count). The van der Waals surface area contributed by atoms with Gasteiger partial charge in [-0.3, -0.25) is 4.99 Å². The lowest BCUT2D eigenvalue weighted by molar-refractivity contribution is 0.277. The van der Waals surface area contributed by atoms with Crippen molar-refractivity contribution in [1.82, 2.24) is 4.90 Å². The molecule has 0 radical (unpaired) electrons. The molecule has 1 aromatic rings. The predicted molar refractivity (Wildman–Crippen MR) is 101 cm³/mol. The van der Waals surface area contributed by atoms with Gasteiger partial charge < -0.3 is 10.6 Å². The van der Waals surface area contributed by atoms with Gasteiger partial charge in [0.15, 0.2) is 5.96 Å². The molecule has 0 atom stereocenters. The third kappa shape index (κ3) is 5.16. The number of hydrogen-bond donors (Lipinski definition) is 1. The first-order valence-corrected chi connectivity index (χ1v) is 7.68. The van der Waals surface area contributed by atoms with Crippen LogP contribution in [-0.4, -0.2) is 30.5 Å². The molecule has 1 aromatic carbocycles. The van der Waals surface area contributed by atoms with Crippen LogP contribution in [0.2, 0.25) is 0 Å². The summed E-state index contributed by atoms with van der Waals surface area (Å²) in [6.45, 7) is 9.54. The quantitative estimate of drug-likeness (QED) is 0.479. The number of nitrogens with two attached hydrogens (primary N) is 1. The summed E-state index contributed by atoms with van der Waals surface area (Å²) < 4.78 is 0. The molecule has 1 aliphatic heterocycles. The van der Waals surface area contributed by atoms with Crippen LogP contribution in [0.15, 0.2) is 23.2 Å².